The average molecular weight is 228 g/mol. The third-order valence-electron chi connectivity index (χ3n) is 4.10. The van der Waals surface area contributed by atoms with Gasteiger partial charge in [-0.25, -0.2) is 0 Å². The highest BCUT2D eigenvalue weighted by molar-refractivity contribution is 4.84. The zero-order valence-corrected chi connectivity index (χ0v) is 11.0. The zero-order valence-electron chi connectivity index (χ0n) is 11.0. The van der Waals surface area contributed by atoms with Crippen LogP contribution in [0.1, 0.15) is 52.9 Å². The van der Waals surface area contributed by atoms with E-state index >= 15 is 0 Å². The first-order valence-corrected chi connectivity index (χ1v) is 6.80. The number of rotatable bonds is 6. The Kier molecular flexibility index (Phi) is 6.32. The minimum atomic E-state index is 0.221. The SMILES string of the molecule is CCOC(C)C(NN)C1CCC(CC)CC1. The molecule has 2 atom stereocenters. The van der Waals surface area contributed by atoms with Gasteiger partial charge in [0.05, 0.1) is 6.10 Å². The van der Waals surface area contributed by atoms with Crippen molar-refractivity contribution in [2.24, 2.45) is 17.7 Å². The summed E-state index contributed by atoms with van der Waals surface area (Å²) in [7, 11) is 0. The van der Waals surface area contributed by atoms with Crippen LogP contribution in [0.15, 0.2) is 0 Å². The van der Waals surface area contributed by atoms with Gasteiger partial charge in [0.25, 0.3) is 0 Å². The maximum Gasteiger partial charge on any atom is 0.0715 e. The fourth-order valence-corrected chi connectivity index (χ4v) is 2.98. The number of hydrogen-bond acceptors (Lipinski definition) is 3. The number of hydrogen-bond donors (Lipinski definition) is 2. The first-order chi connectivity index (χ1) is 7.72. The minimum Gasteiger partial charge on any atom is -0.377 e. The number of ether oxygens (including phenoxy) is 1. The molecule has 1 saturated carbocycles. The van der Waals surface area contributed by atoms with Crippen LogP contribution in [0.3, 0.4) is 0 Å². The normalized spacial score (nSPS) is 30.0. The van der Waals surface area contributed by atoms with Crippen molar-refractivity contribution in [1.29, 1.82) is 0 Å². The van der Waals surface area contributed by atoms with Crippen molar-refractivity contribution < 1.29 is 4.74 Å². The predicted octanol–water partition coefficient (Wildman–Crippen LogP) is 2.46. The topological polar surface area (TPSA) is 47.3 Å². The van der Waals surface area contributed by atoms with Gasteiger partial charge in [-0.1, -0.05) is 26.2 Å². The van der Waals surface area contributed by atoms with Crippen LogP contribution in [-0.4, -0.2) is 18.8 Å². The van der Waals surface area contributed by atoms with Gasteiger partial charge in [-0.2, -0.15) is 0 Å². The Labute approximate surface area is 100 Å². The van der Waals surface area contributed by atoms with E-state index in [0.717, 1.165) is 12.5 Å². The molecule has 1 aliphatic carbocycles. The van der Waals surface area contributed by atoms with Gasteiger partial charge >= 0.3 is 0 Å². The van der Waals surface area contributed by atoms with Crippen LogP contribution in [0.4, 0.5) is 0 Å². The molecule has 2 unspecified atom stereocenters. The number of nitrogens with two attached hydrogens (primary N) is 1. The molecule has 0 spiro atoms. The molecule has 0 amide bonds. The third kappa shape index (κ3) is 3.72. The van der Waals surface area contributed by atoms with E-state index in [0.29, 0.717) is 12.0 Å². The lowest BCUT2D eigenvalue weighted by atomic mass is 9.76. The lowest BCUT2D eigenvalue weighted by Crippen LogP contribution is -2.49. The van der Waals surface area contributed by atoms with Gasteiger partial charge < -0.3 is 4.74 Å². The zero-order chi connectivity index (χ0) is 12.0. The molecule has 0 aromatic heterocycles. The standard InChI is InChI=1S/C13H28N2O/c1-4-11-6-8-12(9-7-11)13(15-14)10(3)16-5-2/h10-13,15H,4-9,14H2,1-3H3. The molecular weight excluding hydrogens is 200 g/mol. The minimum absolute atomic E-state index is 0.221. The molecule has 0 saturated heterocycles. The van der Waals surface area contributed by atoms with E-state index in [4.69, 9.17) is 10.6 Å². The molecule has 1 rings (SSSR count). The van der Waals surface area contributed by atoms with Crippen molar-refractivity contribution in [3.8, 4) is 0 Å². The number of hydrazine groups is 1. The van der Waals surface area contributed by atoms with Crippen LogP contribution in [0.2, 0.25) is 0 Å². The van der Waals surface area contributed by atoms with Gasteiger partial charge in [-0.15, -0.1) is 0 Å². The molecular formula is C13H28N2O. The Balaban J connectivity index is 2.42. The smallest absolute Gasteiger partial charge is 0.0715 e. The molecule has 0 heterocycles. The Morgan fingerprint density at radius 1 is 1.25 bits per heavy atom. The molecule has 0 bridgehead atoms. The molecule has 0 aromatic rings. The van der Waals surface area contributed by atoms with E-state index in [1.165, 1.54) is 32.1 Å². The third-order valence-corrected chi connectivity index (χ3v) is 4.10. The lowest BCUT2D eigenvalue weighted by Gasteiger charge is -2.36. The summed E-state index contributed by atoms with van der Waals surface area (Å²) >= 11 is 0. The Hall–Kier alpha value is -0.120. The summed E-state index contributed by atoms with van der Waals surface area (Å²) in [6.45, 7) is 7.23. The van der Waals surface area contributed by atoms with Gasteiger partial charge in [0.2, 0.25) is 0 Å². The second-order valence-electron chi connectivity index (χ2n) is 5.04. The Bertz CT molecular complexity index is 179. The summed E-state index contributed by atoms with van der Waals surface area (Å²) in [6.07, 6.45) is 6.86. The molecule has 1 fully saturated rings. The highest BCUT2D eigenvalue weighted by Gasteiger charge is 2.29. The summed E-state index contributed by atoms with van der Waals surface area (Å²) in [5.74, 6) is 7.30. The summed E-state index contributed by atoms with van der Waals surface area (Å²) in [5.41, 5.74) is 2.96. The molecule has 3 N–H and O–H groups in total. The first kappa shape index (κ1) is 13.9. The first-order valence-electron chi connectivity index (χ1n) is 6.80. The molecule has 96 valence electrons. The fourth-order valence-electron chi connectivity index (χ4n) is 2.98. The molecule has 0 aliphatic heterocycles. The Morgan fingerprint density at radius 3 is 2.31 bits per heavy atom. The van der Waals surface area contributed by atoms with E-state index in [1.807, 2.05) is 6.92 Å². The molecule has 0 radical (unpaired) electrons. The highest BCUT2D eigenvalue weighted by Crippen LogP contribution is 2.33. The highest BCUT2D eigenvalue weighted by atomic mass is 16.5. The second kappa shape index (κ2) is 7.25. The van der Waals surface area contributed by atoms with Crippen LogP contribution in [0, 0.1) is 11.8 Å². The van der Waals surface area contributed by atoms with Crippen LogP contribution in [-0.2, 0) is 4.74 Å². The van der Waals surface area contributed by atoms with Gasteiger partial charge in [-0.05, 0) is 38.5 Å². The molecule has 3 nitrogen and oxygen atoms in total. The summed E-state index contributed by atoms with van der Waals surface area (Å²) in [4.78, 5) is 0. The van der Waals surface area contributed by atoms with E-state index in [-0.39, 0.29) is 6.10 Å². The maximum atomic E-state index is 5.67. The molecule has 0 aromatic carbocycles. The van der Waals surface area contributed by atoms with Crippen molar-refractivity contribution in [1.82, 2.24) is 5.43 Å². The quantitative estimate of drug-likeness (QED) is 0.542. The van der Waals surface area contributed by atoms with Crippen LogP contribution < -0.4 is 11.3 Å². The molecule has 1 aliphatic rings. The van der Waals surface area contributed by atoms with Crippen molar-refractivity contribution in [3.63, 3.8) is 0 Å². The van der Waals surface area contributed by atoms with Crippen molar-refractivity contribution in [2.45, 2.75) is 65.0 Å². The Morgan fingerprint density at radius 2 is 1.88 bits per heavy atom. The monoisotopic (exact) mass is 228 g/mol. The van der Waals surface area contributed by atoms with Crippen LogP contribution in [0.5, 0.6) is 0 Å². The number of nitrogens with one attached hydrogen (secondary N) is 1. The van der Waals surface area contributed by atoms with E-state index in [9.17, 15) is 0 Å². The predicted molar refractivity (Wildman–Crippen MR) is 67.9 cm³/mol. The van der Waals surface area contributed by atoms with Gasteiger partial charge in [0, 0.05) is 12.6 Å². The van der Waals surface area contributed by atoms with Gasteiger partial charge in [0.1, 0.15) is 0 Å². The second-order valence-corrected chi connectivity index (χ2v) is 5.04. The van der Waals surface area contributed by atoms with Crippen LogP contribution in [0.25, 0.3) is 0 Å². The van der Waals surface area contributed by atoms with Gasteiger partial charge in [-0.3, -0.25) is 11.3 Å². The van der Waals surface area contributed by atoms with Gasteiger partial charge in [0.15, 0.2) is 0 Å². The summed E-state index contributed by atoms with van der Waals surface area (Å²) in [5, 5.41) is 0. The lowest BCUT2D eigenvalue weighted by molar-refractivity contribution is 0.0206. The average Bonchev–Trinajstić information content (AvgIpc) is 2.31. The van der Waals surface area contributed by atoms with E-state index in [1.54, 1.807) is 0 Å². The van der Waals surface area contributed by atoms with Crippen molar-refractivity contribution in [2.75, 3.05) is 6.61 Å². The van der Waals surface area contributed by atoms with E-state index in [2.05, 4.69) is 19.3 Å². The summed E-state index contributed by atoms with van der Waals surface area (Å²) < 4.78 is 5.66. The largest absolute Gasteiger partial charge is 0.377 e. The fraction of sp³-hybridized carbons (Fsp3) is 1.00. The van der Waals surface area contributed by atoms with Crippen molar-refractivity contribution in [3.05, 3.63) is 0 Å². The molecule has 3 heteroatoms. The van der Waals surface area contributed by atoms with Crippen molar-refractivity contribution >= 4 is 0 Å². The maximum absolute atomic E-state index is 5.67. The van der Waals surface area contributed by atoms with Crippen LogP contribution >= 0.6 is 0 Å². The molecule has 16 heavy (non-hydrogen) atoms. The van der Waals surface area contributed by atoms with E-state index < -0.39 is 0 Å². The summed E-state index contributed by atoms with van der Waals surface area (Å²) in [6, 6.07) is 0.317.